The first-order valence-electron chi connectivity index (χ1n) is 8.82. The van der Waals surface area contributed by atoms with Crippen molar-refractivity contribution in [2.75, 3.05) is 4.90 Å². The molecule has 0 radical (unpaired) electrons. The maximum atomic E-state index is 13.3. The van der Waals surface area contributed by atoms with Gasteiger partial charge in [0.05, 0.1) is 17.6 Å². The molecule has 0 unspecified atom stereocenters. The predicted molar refractivity (Wildman–Crippen MR) is 117 cm³/mol. The number of amides is 1. The smallest absolute Gasteiger partial charge is 0.247 e. The Bertz CT molecular complexity index is 1110. The monoisotopic (exact) mass is 453 g/mol. The molecule has 0 saturated heterocycles. The number of halogens is 2. The highest BCUT2D eigenvalue weighted by atomic mass is 79.9. The van der Waals surface area contributed by atoms with Crippen molar-refractivity contribution in [2.24, 2.45) is 0 Å². The summed E-state index contributed by atoms with van der Waals surface area (Å²) in [6, 6.07) is 25.3. The molecular formula is C22H17BrClN3O. The van der Waals surface area contributed by atoms with E-state index < -0.39 is 0 Å². The van der Waals surface area contributed by atoms with Crippen LogP contribution in [0.4, 0.5) is 5.69 Å². The van der Waals surface area contributed by atoms with Gasteiger partial charge < -0.3 is 9.47 Å². The van der Waals surface area contributed by atoms with Gasteiger partial charge in [-0.25, -0.2) is 4.98 Å². The van der Waals surface area contributed by atoms with Gasteiger partial charge in [0.2, 0.25) is 11.2 Å². The van der Waals surface area contributed by atoms with Crippen molar-refractivity contribution >= 4 is 50.2 Å². The van der Waals surface area contributed by atoms with Crippen LogP contribution in [0.25, 0.3) is 11.0 Å². The van der Waals surface area contributed by atoms with E-state index >= 15 is 0 Å². The van der Waals surface area contributed by atoms with Gasteiger partial charge in [0.15, 0.2) is 0 Å². The summed E-state index contributed by atoms with van der Waals surface area (Å²) in [5.74, 6) is -0.0590. The normalized spacial score (nSPS) is 10.9. The van der Waals surface area contributed by atoms with Gasteiger partial charge in [-0.05, 0) is 53.6 Å². The summed E-state index contributed by atoms with van der Waals surface area (Å²) in [5, 5.41) is 0.310. The fourth-order valence-corrected chi connectivity index (χ4v) is 3.63. The molecule has 1 amide bonds. The van der Waals surface area contributed by atoms with Crippen LogP contribution in [0, 0.1) is 0 Å². The molecule has 0 fully saturated rings. The average Bonchev–Trinajstić information content (AvgIpc) is 3.03. The third-order valence-electron chi connectivity index (χ3n) is 4.52. The number of nitrogens with zero attached hydrogens (tertiary/aromatic N) is 3. The lowest BCUT2D eigenvalue weighted by atomic mass is 10.2. The third-order valence-corrected chi connectivity index (χ3v) is 5.34. The number of aromatic nitrogens is 2. The standard InChI is InChI=1S/C22H17BrClN3O/c23-17-10-12-18(13-11-17)26(14-16-6-2-1-3-7-16)21(28)15-27-20-9-5-4-8-19(20)25-22(27)24/h1-13H,14-15H2. The van der Waals surface area contributed by atoms with Crippen LogP contribution in [0.5, 0.6) is 0 Å². The molecule has 28 heavy (non-hydrogen) atoms. The lowest BCUT2D eigenvalue weighted by Crippen LogP contribution is -2.33. The lowest BCUT2D eigenvalue weighted by Gasteiger charge is -2.24. The topological polar surface area (TPSA) is 38.1 Å². The van der Waals surface area contributed by atoms with Gasteiger partial charge in [-0.1, -0.05) is 58.4 Å². The second-order valence-electron chi connectivity index (χ2n) is 6.40. The number of para-hydroxylation sites is 2. The molecule has 0 bridgehead atoms. The Morgan fingerprint density at radius 1 is 0.964 bits per heavy atom. The minimum Gasteiger partial charge on any atom is -0.306 e. The number of anilines is 1. The van der Waals surface area contributed by atoms with Crippen molar-refractivity contribution in [1.29, 1.82) is 0 Å². The zero-order valence-electron chi connectivity index (χ0n) is 14.9. The molecule has 0 saturated carbocycles. The number of carbonyl (C=O) groups excluding carboxylic acids is 1. The van der Waals surface area contributed by atoms with Crippen molar-refractivity contribution in [3.8, 4) is 0 Å². The third kappa shape index (κ3) is 3.96. The number of hydrogen-bond donors (Lipinski definition) is 0. The molecule has 0 aliphatic carbocycles. The van der Waals surface area contributed by atoms with Crippen LogP contribution in [0.3, 0.4) is 0 Å². The maximum absolute atomic E-state index is 13.3. The summed E-state index contributed by atoms with van der Waals surface area (Å²) in [6.07, 6.45) is 0. The van der Waals surface area contributed by atoms with Gasteiger partial charge in [0.25, 0.3) is 0 Å². The number of hydrogen-bond acceptors (Lipinski definition) is 2. The van der Waals surface area contributed by atoms with Crippen LogP contribution in [0.15, 0.2) is 83.3 Å². The largest absolute Gasteiger partial charge is 0.306 e. The van der Waals surface area contributed by atoms with Crippen LogP contribution >= 0.6 is 27.5 Å². The number of carbonyl (C=O) groups is 1. The van der Waals surface area contributed by atoms with Gasteiger partial charge in [0, 0.05) is 10.2 Å². The molecule has 1 aromatic heterocycles. The fraction of sp³-hybridized carbons (Fsp3) is 0.0909. The molecule has 4 aromatic rings. The van der Waals surface area contributed by atoms with E-state index in [1.807, 2.05) is 78.9 Å². The zero-order chi connectivity index (χ0) is 19.5. The average molecular weight is 455 g/mol. The molecule has 1 heterocycles. The number of fused-ring (bicyclic) bond motifs is 1. The van der Waals surface area contributed by atoms with Crippen molar-refractivity contribution in [2.45, 2.75) is 13.1 Å². The van der Waals surface area contributed by atoms with Crippen LogP contribution in [-0.4, -0.2) is 15.5 Å². The van der Waals surface area contributed by atoms with Crippen molar-refractivity contribution in [1.82, 2.24) is 9.55 Å². The number of benzene rings is 3. The van der Waals surface area contributed by atoms with Gasteiger partial charge >= 0.3 is 0 Å². The Morgan fingerprint density at radius 2 is 1.64 bits per heavy atom. The van der Waals surface area contributed by atoms with E-state index in [0.29, 0.717) is 11.8 Å². The Kier molecular flexibility index (Phi) is 5.46. The lowest BCUT2D eigenvalue weighted by molar-refractivity contribution is -0.119. The summed E-state index contributed by atoms with van der Waals surface area (Å²) in [7, 11) is 0. The second kappa shape index (κ2) is 8.17. The Hall–Kier alpha value is -2.63. The van der Waals surface area contributed by atoms with Crippen LogP contribution in [-0.2, 0) is 17.9 Å². The predicted octanol–water partition coefficient (Wildman–Crippen LogP) is 5.69. The van der Waals surface area contributed by atoms with Crippen LogP contribution < -0.4 is 4.90 Å². The molecule has 0 aliphatic heterocycles. The number of imidazole rings is 1. The summed E-state index contributed by atoms with van der Waals surface area (Å²) in [5.41, 5.74) is 3.51. The highest BCUT2D eigenvalue weighted by Gasteiger charge is 2.19. The van der Waals surface area contributed by atoms with E-state index in [1.165, 1.54) is 0 Å². The summed E-state index contributed by atoms with van der Waals surface area (Å²) in [6.45, 7) is 0.591. The van der Waals surface area contributed by atoms with Crippen molar-refractivity contribution in [3.63, 3.8) is 0 Å². The summed E-state index contributed by atoms with van der Waals surface area (Å²) >= 11 is 9.77. The van der Waals surface area contributed by atoms with E-state index in [9.17, 15) is 4.79 Å². The summed E-state index contributed by atoms with van der Waals surface area (Å²) < 4.78 is 2.71. The van der Waals surface area contributed by atoms with E-state index in [0.717, 1.165) is 26.8 Å². The SMILES string of the molecule is O=C(Cn1c(Cl)nc2ccccc21)N(Cc1ccccc1)c1ccc(Br)cc1. The summed E-state index contributed by atoms with van der Waals surface area (Å²) in [4.78, 5) is 19.4. The zero-order valence-corrected chi connectivity index (χ0v) is 17.3. The highest BCUT2D eigenvalue weighted by Crippen LogP contribution is 2.24. The minimum atomic E-state index is -0.0590. The van der Waals surface area contributed by atoms with E-state index in [-0.39, 0.29) is 12.5 Å². The first-order valence-corrected chi connectivity index (χ1v) is 9.99. The quantitative estimate of drug-likeness (QED) is 0.389. The molecule has 6 heteroatoms. The fourth-order valence-electron chi connectivity index (χ4n) is 3.13. The van der Waals surface area contributed by atoms with Crippen molar-refractivity contribution in [3.05, 3.63) is 94.2 Å². The van der Waals surface area contributed by atoms with Gasteiger partial charge in [0.1, 0.15) is 6.54 Å². The molecule has 4 nitrogen and oxygen atoms in total. The number of rotatable bonds is 5. The maximum Gasteiger partial charge on any atom is 0.247 e. The van der Waals surface area contributed by atoms with Crippen molar-refractivity contribution < 1.29 is 4.79 Å². The van der Waals surface area contributed by atoms with Gasteiger partial charge in [-0.15, -0.1) is 0 Å². The molecular weight excluding hydrogens is 438 g/mol. The van der Waals surface area contributed by atoms with E-state index in [1.54, 1.807) is 9.47 Å². The molecule has 140 valence electrons. The molecule has 0 N–H and O–H groups in total. The molecule has 4 rings (SSSR count). The molecule has 3 aromatic carbocycles. The van der Waals surface area contributed by atoms with E-state index in [2.05, 4.69) is 20.9 Å². The molecule has 0 aliphatic rings. The van der Waals surface area contributed by atoms with Gasteiger partial charge in [-0.2, -0.15) is 0 Å². The Labute approximate surface area is 176 Å². The van der Waals surface area contributed by atoms with Crippen LogP contribution in [0.1, 0.15) is 5.56 Å². The first kappa shape index (κ1) is 18.7. The molecule has 0 atom stereocenters. The Balaban J connectivity index is 1.68. The first-order chi connectivity index (χ1) is 13.6. The van der Waals surface area contributed by atoms with Gasteiger partial charge in [-0.3, -0.25) is 4.79 Å². The molecule has 0 spiro atoms. The van der Waals surface area contributed by atoms with Crippen LogP contribution in [0.2, 0.25) is 5.28 Å². The highest BCUT2D eigenvalue weighted by molar-refractivity contribution is 9.10. The second-order valence-corrected chi connectivity index (χ2v) is 7.65. The Morgan fingerprint density at radius 3 is 2.39 bits per heavy atom. The van der Waals surface area contributed by atoms with E-state index in [4.69, 9.17) is 11.6 Å². The minimum absolute atomic E-state index is 0.0590.